The maximum Gasteiger partial charge on any atom is -0.0162 e. The molecule has 1 aromatic carbocycles. The Labute approximate surface area is 213 Å². The summed E-state index contributed by atoms with van der Waals surface area (Å²) in [7, 11) is 0. The highest BCUT2D eigenvalue weighted by Crippen LogP contribution is 2.45. The number of rotatable bonds is 9. The molecule has 0 spiro atoms. The third kappa shape index (κ3) is 6.70. The predicted molar refractivity (Wildman–Crippen MR) is 149 cm³/mol. The van der Waals surface area contributed by atoms with Gasteiger partial charge in [0.05, 0.1) is 0 Å². The minimum absolute atomic E-state index is 0.732. The molecule has 3 fully saturated rings. The van der Waals surface area contributed by atoms with Crippen LogP contribution in [0.3, 0.4) is 0 Å². The molecule has 0 heteroatoms. The van der Waals surface area contributed by atoms with Crippen LogP contribution < -0.4 is 0 Å². The van der Waals surface area contributed by atoms with E-state index in [1.54, 1.807) is 11.1 Å². The number of unbranched alkanes of at least 4 members (excludes halogenated alkanes) is 1. The minimum Gasteiger partial charge on any atom is -0.0654 e. The van der Waals surface area contributed by atoms with Crippen LogP contribution in [0, 0.1) is 35.5 Å². The topological polar surface area (TPSA) is 0 Å². The van der Waals surface area contributed by atoms with E-state index < -0.39 is 0 Å². The Balaban J connectivity index is 1.22. The Hall–Kier alpha value is -0.780. The Morgan fingerprint density at radius 3 is 1.74 bits per heavy atom. The molecule has 2 atom stereocenters. The van der Waals surface area contributed by atoms with Crippen molar-refractivity contribution in [2.24, 2.45) is 35.5 Å². The van der Waals surface area contributed by atoms with E-state index in [-0.39, 0.29) is 0 Å². The Bertz CT molecular complexity index is 677. The normalized spacial score (nSPS) is 34.5. The molecule has 2 unspecified atom stereocenters. The summed E-state index contributed by atoms with van der Waals surface area (Å²) < 4.78 is 0. The van der Waals surface area contributed by atoms with Gasteiger partial charge in [0.1, 0.15) is 0 Å². The molecule has 3 saturated carbocycles. The van der Waals surface area contributed by atoms with E-state index in [2.05, 4.69) is 52.0 Å². The first-order valence-corrected chi connectivity index (χ1v) is 15.7. The molecule has 34 heavy (non-hydrogen) atoms. The van der Waals surface area contributed by atoms with Crippen LogP contribution in [0.2, 0.25) is 0 Å². The van der Waals surface area contributed by atoms with E-state index in [0.29, 0.717) is 0 Å². The number of hydrogen-bond acceptors (Lipinski definition) is 0. The molecule has 0 bridgehead atoms. The molecule has 1 aromatic rings. The smallest absolute Gasteiger partial charge is 0.0162 e. The monoisotopic (exact) mass is 464 g/mol. The molecule has 0 saturated heterocycles. The second-order valence-corrected chi connectivity index (χ2v) is 13.0. The van der Waals surface area contributed by atoms with Crippen LogP contribution in [0.1, 0.15) is 153 Å². The molecule has 0 heterocycles. The molecule has 0 radical (unpaired) electrons. The zero-order chi connectivity index (χ0) is 23.9. The molecule has 4 rings (SSSR count). The van der Waals surface area contributed by atoms with E-state index >= 15 is 0 Å². The van der Waals surface area contributed by atoms with Crippen LogP contribution in [0.4, 0.5) is 0 Å². The molecule has 0 aromatic heterocycles. The SMILES string of the molecule is CCCCC1CCC(C(C)C2CCC(C(C)c3ccc(C4CCC(CC)CC4)cc3)CC2)CC1. The zero-order valence-electron chi connectivity index (χ0n) is 23.2. The number of hydrogen-bond donors (Lipinski definition) is 0. The van der Waals surface area contributed by atoms with Crippen molar-refractivity contribution < 1.29 is 0 Å². The summed E-state index contributed by atoms with van der Waals surface area (Å²) in [6.45, 7) is 9.86. The van der Waals surface area contributed by atoms with Crippen molar-refractivity contribution in [1.29, 1.82) is 0 Å². The van der Waals surface area contributed by atoms with Gasteiger partial charge < -0.3 is 0 Å². The highest BCUT2D eigenvalue weighted by atomic mass is 14.4. The van der Waals surface area contributed by atoms with Crippen molar-refractivity contribution in [3.05, 3.63) is 35.4 Å². The largest absolute Gasteiger partial charge is 0.0654 e. The third-order valence-corrected chi connectivity index (χ3v) is 11.2. The number of benzene rings is 1. The summed E-state index contributed by atoms with van der Waals surface area (Å²) in [6, 6.07) is 9.98. The average Bonchev–Trinajstić information content (AvgIpc) is 2.91. The molecular formula is C34H56. The van der Waals surface area contributed by atoms with E-state index in [1.165, 1.54) is 103 Å². The van der Waals surface area contributed by atoms with E-state index in [9.17, 15) is 0 Å². The first-order chi connectivity index (χ1) is 16.6. The summed E-state index contributed by atoms with van der Waals surface area (Å²) in [4.78, 5) is 0. The van der Waals surface area contributed by atoms with Crippen molar-refractivity contribution in [2.45, 2.75) is 142 Å². The summed E-state index contributed by atoms with van der Waals surface area (Å²) >= 11 is 0. The van der Waals surface area contributed by atoms with Gasteiger partial charge in [-0.25, -0.2) is 0 Å². The predicted octanol–water partition coefficient (Wildman–Crippen LogP) is 10.9. The van der Waals surface area contributed by atoms with Gasteiger partial charge in [-0.1, -0.05) is 90.5 Å². The highest BCUT2D eigenvalue weighted by molar-refractivity contribution is 5.28. The second kappa shape index (κ2) is 13.0. The molecule has 0 N–H and O–H groups in total. The lowest BCUT2D eigenvalue weighted by Gasteiger charge is -2.40. The van der Waals surface area contributed by atoms with Crippen LogP contribution in [0.5, 0.6) is 0 Å². The van der Waals surface area contributed by atoms with Gasteiger partial charge in [-0.15, -0.1) is 0 Å². The summed E-state index contributed by atoms with van der Waals surface area (Å²) in [5.74, 6) is 7.50. The van der Waals surface area contributed by atoms with Gasteiger partial charge >= 0.3 is 0 Å². The van der Waals surface area contributed by atoms with Crippen molar-refractivity contribution in [3.8, 4) is 0 Å². The minimum atomic E-state index is 0.732. The first kappa shape index (κ1) is 26.3. The van der Waals surface area contributed by atoms with Crippen molar-refractivity contribution >= 4 is 0 Å². The molecule has 0 aliphatic heterocycles. The van der Waals surface area contributed by atoms with E-state index in [4.69, 9.17) is 0 Å². The van der Waals surface area contributed by atoms with Gasteiger partial charge in [0.2, 0.25) is 0 Å². The fraction of sp³-hybridized carbons (Fsp3) is 0.824. The van der Waals surface area contributed by atoms with Crippen LogP contribution in [0.15, 0.2) is 24.3 Å². The first-order valence-electron chi connectivity index (χ1n) is 15.7. The van der Waals surface area contributed by atoms with E-state index in [0.717, 1.165) is 47.3 Å². The lowest BCUT2D eigenvalue weighted by atomic mass is 9.65. The molecule has 3 aliphatic carbocycles. The van der Waals surface area contributed by atoms with Gasteiger partial charge in [0, 0.05) is 0 Å². The van der Waals surface area contributed by atoms with Crippen molar-refractivity contribution in [1.82, 2.24) is 0 Å². The molecule has 3 aliphatic rings. The maximum atomic E-state index is 2.62. The van der Waals surface area contributed by atoms with Crippen molar-refractivity contribution in [3.63, 3.8) is 0 Å². The van der Waals surface area contributed by atoms with Crippen LogP contribution in [0.25, 0.3) is 0 Å². The standard InChI is InChI=1S/C34H56/c1-5-7-8-28-11-13-29(14-12-28)25(3)30-17-19-31(20-18-30)26(4)32-21-23-34(24-22-32)33-15-9-27(6-2)10-16-33/h21-31,33H,5-20H2,1-4H3. The van der Waals surface area contributed by atoms with Crippen LogP contribution in [-0.2, 0) is 0 Å². The lowest BCUT2D eigenvalue weighted by molar-refractivity contribution is 0.118. The fourth-order valence-corrected chi connectivity index (χ4v) is 8.30. The quantitative estimate of drug-likeness (QED) is 0.341. The van der Waals surface area contributed by atoms with Crippen LogP contribution in [-0.4, -0.2) is 0 Å². The van der Waals surface area contributed by atoms with Crippen LogP contribution >= 0.6 is 0 Å². The summed E-state index contributed by atoms with van der Waals surface area (Å²) in [5, 5.41) is 0. The molecule has 0 amide bonds. The Morgan fingerprint density at radius 2 is 1.18 bits per heavy atom. The average molecular weight is 465 g/mol. The third-order valence-electron chi connectivity index (χ3n) is 11.2. The van der Waals surface area contributed by atoms with Crippen molar-refractivity contribution in [2.75, 3.05) is 0 Å². The molecule has 0 nitrogen and oxygen atoms in total. The fourth-order valence-electron chi connectivity index (χ4n) is 8.30. The van der Waals surface area contributed by atoms with Gasteiger partial charge in [-0.05, 0) is 123 Å². The van der Waals surface area contributed by atoms with Gasteiger partial charge in [0.15, 0.2) is 0 Å². The van der Waals surface area contributed by atoms with Gasteiger partial charge in [-0.2, -0.15) is 0 Å². The Morgan fingerprint density at radius 1 is 0.647 bits per heavy atom. The van der Waals surface area contributed by atoms with Gasteiger partial charge in [-0.3, -0.25) is 0 Å². The lowest BCUT2D eigenvalue weighted by Crippen LogP contribution is -2.29. The van der Waals surface area contributed by atoms with E-state index in [1.807, 2.05) is 0 Å². The molecular weight excluding hydrogens is 408 g/mol. The Kier molecular flexibility index (Phi) is 10.0. The second-order valence-electron chi connectivity index (χ2n) is 13.0. The summed E-state index contributed by atoms with van der Waals surface area (Å²) in [6.07, 6.45) is 23.4. The maximum absolute atomic E-state index is 2.62. The summed E-state index contributed by atoms with van der Waals surface area (Å²) in [5.41, 5.74) is 3.22. The molecule has 192 valence electrons. The van der Waals surface area contributed by atoms with Gasteiger partial charge in [0.25, 0.3) is 0 Å². The zero-order valence-corrected chi connectivity index (χ0v) is 23.2. The highest BCUT2D eigenvalue weighted by Gasteiger charge is 2.33.